The van der Waals surface area contributed by atoms with E-state index in [1.807, 2.05) is 30.3 Å². The quantitative estimate of drug-likeness (QED) is 0.794. The Morgan fingerprint density at radius 3 is 2.20 bits per heavy atom. The minimum Gasteiger partial charge on any atom is -0.497 e. The Morgan fingerprint density at radius 2 is 1.60 bits per heavy atom. The maximum absolute atomic E-state index is 5.96. The van der Waals surface area contributed by atoms with Crippen molar-refractivity contribution in [2.24, 2.45) is 0 Å². The first-order chi connectivity index (χ1) is 9.72. The van der Waals surface area contributed by atoms with Gasteiger partial charge in [0.1, 0.15) is 11.5 Å². The Hall–Kier alpha value is -2.36. The zero-order valence-corrected chi connectivity index (χ0v) is 11.8. The number of benzene rings is 2. The van der Waals surface area contributed by atoms with Crippen LogP contribution in [0.15, 0.2) is 42.5 Å². The smallest absolute Gasteiger partial charge is 0.121 e. The summed E-state index contributed by atoms with van der Waals surface area (Å²) in [5, 5.41) is 3.33. The van der Waals surface area contributed by atoms with E-state index < -0.39 is 0 Å². The van der Waals surface area contributed by atoms with Crippen LogP contribution in [0.3, 0.4) is 0 Å². The number of ether oxygens (including phenoxy) is 2. The number of methoxy groups -OCH3 is 2. The van der Waals surface area contributed by atoms with E-state index in [1.165, 1.54) is 5.56 Å². The molecule has 0 aliphatic carbocycles. The third-order valence-corrected chi connectivity index (χ3v) is 3.15. The summed E-state index contributed by atoms with van der Waals surface area (Å²) in [6, 6.07) is 13.7. The summed E-state index contributed by atoms with van der Waals surface area (Å²) in [5.74, 6) is 1.64. The van der Waals surface area contributed by atoms with Crippen molar-refractivity contribution in [1.29, 1.82) is 0 Å². The van der Waals surface area contributed by atoms with E-state index in [9.17, 15) is 0 Å². The summed E-state index contributed by atoms with van der Waals surface area (Å²) in [5.41, 5.74) is 8.83. The highest BCUT2D eigenvalue weighted by Gasteiger charge is 2.01. The number of anilines is 2. The average molecular weight is 272 g/mol. The molecule has 2 aromatic rings. The van der Waals surface area contributed by atoms with E-state index in [0.29, 0.717) is 5.69 Å². The summed E-state index contributed by atoms with van der Waals surface area (Å²) >= 11 is 0. The van der Waals surface area contributed by atoms with Gasteiger partial charge in [-0.3, -0.25) is 0 Å². The molecular weight excluding hydrogens is 252 g/mol. The molecule has 0 saturated carbocycles. The largest absolute Gasteiger partial charge is 0.497 e. The number of nitrogens with two attached hydrogens (primary N) is 1. The molecule has 0 spiro atoms. The summed E-state index contributed by atoms with van der Waals surface area (Å²) < 4.78 is 10.3. The van der Waals surface area contributed by atoms with Crippen LogP contribution in [0.1, 0.15) is 5.56 Å². The highest BCUT2D eigenvalue weighted by molar-refractivity contribution is 5.68. The molecule has 106 valence electrons. The second kappa shape index (κ2) is 6.70. The van der Waals surface area contributed by atoms with Crippen molar-refractivity contribution in [1.82, 2.24) is 0 Å². The molecule has 0 aromatic heterocycles. The predicted molar refractivity (Wildman–Crippen MR) is 82.6 cm³/mol. The third-order valence-electron chi connectivity index (χ3n) is 3.15. The molecule has 0 atom stereocenters. The first-order valence-corrected chi connectivity index (χ1v) is 6.53. The van der Waals surface area contributed by atoms with Gasteiger partial charge in [0.2, 0.25) is 0 Å². The lowest BCUT2D eigenvalue weighted by atomic mass is 10.1. The molecule has 0 amide bonds. The lowest BCUT2D eigenvalue weighted by Crippen LogP contribution is -2.07. The molecule has 0 fully saturated rings. The van der Waals surface area contributed by atoms with Crippen LogP contribution < -0.4 is 20.5 Å². The van der Waals surface area contributed by atoms with Gasteiger partial charge in [0.25, 0.3) is 0 Å². The van der Waals surface area contributed by atoms with Gasteiger partial charge in [-0.05, 0) is 36.2 Å². The Morgan fingerprint density at radius 1 is 0.950 bits per heavy atom. The second-order valence-electron chi connectivity index (χ2n) is 4.48. The minimum absolute atomic E-state index is 0.694. The Bertz CT molecular complexity index is 553. The van der Waals surface area contributed by atoms with Crippen LogP contribution in [0.4, 0.5) is 11.4 Å². The molecule has 0 radical (unpaired) electrons. The average Bonchev–Trinajstić information content (AvgIpc) is 2.49. The van der Waals surface area contributed by atoms with E-state index in [0.717, 1.165) is 30.2 Å². The predicted octanol–water partition coefficient (Wildman–Crippen LogP) is 2.94. The Kier molecular flexibility index (Phi) is 4.71. The van der Waals surface area contributed by atoms with E-state index >= 15 is 0 Å². The molecular formula is C16H20N2O2. The van der Waals surface area contributed by atoms with Gasteiger partial charge < -0.3 is 20.5 Å². The Balaban J connectivity index is 1.88. The number of rotatable bonds is 6. The van der Waals surface area contributed by atoms with Crippen molar-refractivity contribution < 1.29 is 9.47 Å². The topological polar surface area (TPSA) is 56.5 Å². The van der Waals surface area contributed by atoms with Gasteiger partial charge in [0, 0.05) is 12.6 Å². The summed E-state index contributed by atoms with van der Waals surface area (Å²) in [6.07, 6.45) is 0.926. The SMILES string of the molecule is COc1ccc(CCNc2ccc(OC)cc2N)cc1. The summed E-state index contributed by atoms with van der Waals surface area (Å²) in [7, 11) is 3.30. The molecule has 0 bridgehead atoms. The second-order valence-corrected chi connectivity index (χ2v) is 4.48. The lowest BCUT2D eigenvalue weighted by molar-refractivity contribution is 0.414. The molecule has 0 heterocycles. The lowest BCUT2D eigenvalue weighted by Gasteiger charge is -2.11. The van der Waals surface area contributed by atoms with Crippen molar-refractivity contribution in [3.05, 3.63) is 48.0 Å². The van der Waals surface area contributed by atoms with Gasteiger partial charge in [-0.1, -0.05) is 12.1 Å². The van der Waals surface area contributed by atoms with Crippen molar-refractivity contribution in [3.63, 3.8) is 0 Å². The first-order valence-electron chi connectivity index (χ1n) is 6.53. The van der Waals surface area contributed by atoms with Crippen molar-refractivity contribution in [2.75, 3.05) is 31.8 Å². The van der Waals surface area contributed by atoms with E-state index in [1.54, 1.807) is 14.2 Å². The van der Waals surface area contributed by atoms with Crippen LogP contribution >= 0.6 is 0 Å². The number of hydrogen-bond donors (Lipinski definition) is 2. The molecule has 0 saturated heterocycles. The van der Waals surface area contributed by atoms with Crippen molar-refractivity contribution in [3.8, 4) is 11.5 Å². The van der Waals surface area contributed by atoms with Crippen LogP contribution in [0.2, 0.25) is 0 Å². The van der Waals surface area contributed by atoms with Gasteiger partial charge in [0.05, 0.1) is 25.6 Å². The standard InChI is InChI=1S/C16H20N2O2/c1-19-13-5-3-12(4-6-13)9-10-18-16-8-7-14(20-2)11-15(16)17/h3-8,11,18H,9-10,17H2,1-2H3. The fraction of sp³-hybridized carbons (Fsp3) is 0.250. The van der Waals surface area contributed by atoms with Gasteiger partial charge >= 0.3 is 0 Å². The highest BCUT2D eigenvalue weighted by Crippen LogP contribution is 2.24. The zero-order chi connectivity index (χ0) is 14.4. The van der Waals surface area contributed by atoms with Crippen LogP contribution in [0.25, 0.3) is 0 Å². The van der Waals surface area contributed by atoms with Crippen molar-refractivity contribution in [2.45, 2.75) is 6.42 Å². The normalized spacial score (nSPS) is 10.1. The number of nitrogens with one attached hydrogen (secondary N) is 1. The highest BCUT2D eigenvalue weighted by atomic mass is 16.5. The summed E-state index contributed by atoms with van der Waals surface area (Å²) in [6.45, 7) is 0.822. The van der Waals surface area contributed by atoms with Crippen LogP contribution in [-0.2, 0) is 6.42 Å². The minimum atomic E-state index is 0.694. The first kappa shape index (κ1) is 14.1. The van der Waals surface area contributed by atoms with E-state index in [2.05, 4.69) is 17.4 Å². The van der Waals surface area contributed by atoms with Crippen LogP contribution in [-0.4, -0.2) is 20.8 Å². The molecule has 2 rings (SSSR count). The molecule has 20 heavy (non-hydrogen) atoms. The molecule has 0 aliphatic rings. The Labute approximate surface area is 119 Å². The van der Waals surface area contributed by atoms with E-state index in [4.69, 9.17) is 15.2 Å². The maximum Gasteiger partial charge on any atom is 0.121 e. The zero-order valence-electron chi connectivity index (χ0n) is 11.8. The number of hydrogen-bond acceptors (Lipinski definition) is 4. The third kappa shape index (κ3) is 3.57. The van der Waals surface area contributed by atoms with Gasteiger partial charge in [0.15, 0.2) is 0 Å². The van der Waals surface area contributed by atoms with Gasteiger partial charge in [-0.2, -0.15) is 0 Å². The molecule has 4 heteroatoms. The van der Waals surface area contributed by atoms with Crippen LogP contribution in [0.5, 0.6) is 11.5 Å². The molecule has 2 aromatic carbocycles. The molecule has 4 nitrogen and oxygen atoms in total. The fourth-order valence-electron chi connectivity index (χ4n) is 1.96. The number of nitrogen functional groups attached to an aromatic ring is 1. The fourth-order valence-corrected chi connectivity index (χ4v) is 1.96. The van der Waals surface area contributed by atoms with Crippen molar-refractivity contribution >= 4 is 11.4 Å². The monoisotopic (exact) mass is 272 g/mol. The molecule has 0 aliphatic heterocycles. The van der Waals surface area contributed by atoms with E-state index in [-0.39, 0.29) is 0 Å². The van der Waals surface area contributed by atoms with Crippen LogP contribution in [0, 0.1) is 0 Å². The molecule has 0 unspecified atom stereocenters. The maximum atomic E-state index is 5.96. The van der Waals surface area contributed by atoms with Gasteiger partial charge in [-0.15, -0.1) is 0 Å². The molecule has 3 N–H and O–H groups in total. The van der Waals surface area contributed by atoms with Gasteiger partial charge in [-0.25, -0.2) is 0 Å². The summed E-state index contributed by atoms with van der Waals surface area (Å²) in [4.78, 5) is 0.